The summed E-state index contributed by atoms with van der Waals surface area (Å²) in [5.74, 6) is 1.37. The van der Waals surface area contributed by atoms with E-state index in [1.165, 1.54) is 0 Å². The number of hydrogen-bond acceptors (Lipinski definition) is 11. The van der Waals surface area contributed by atoms with Crippen molar-refractivity contribution in [2.24, 2.45) is 0 Å². The van der Waals surface area contributed by atoms with Crippen LogP contribution < -0.4 is 20.4 Å². The van der Waals surface area contributed by atoms with Crippen LogP contribution in [0, 0.1) is 0 Å². The number of carbonyl (C=O) groups excluding carboxylic acids is 2. The summed E-state index contributed by atoms with van der Waals surface area (Å²) < 4.78 is 5.62. The summed E-state index contributed by atoms with van der Waals surface area (Å²) in [5.41, 5.74) is 2.46. The van der Waals surface area contributed by atoms with Gasteiger partial charge in [0.15, 0.2) is 5.82 Å². The molecule has 47 heavy (non-hydrogen) atoms. The molecule has 3 saturated heterocycles. The molecule has 4 heterocycles. The van der Waals surface area contributed by atoms with Gasteiger partial charge in [-0.2, -0.15) is 15.0 Å². The molecule has 0 spiro atoms. The van der Waals surface area contributed by atoms with Gasteiger partial charge in [0.2, 0.25) is 11.9 Å². The lowest BCUT2D eigenvalue weighted by molar-refractivity contribution is 0.0664. The Kier molecular flexibility index (Phi) is 10.1. The Labute approximate surface area is 274 Å². The molecule has 0 radical (unpaired) electrons. The van der Waals surface area contributed by atoms with Gasteiger partial charge in [0, 0.05) is 55.2 Å². The molecule has 3 fully saturated rings. The van der Waals surface area contributed by atoms with Crippen LogP contribution in [0.5, 0.6) is 0 Å². The molecule has 2 aromatic carbocycles. The van der Waals surface area contributed by atoms with Gasteiger partial charge in [-0.1, -0.05) is 0 Å². The van der Waals surface area contributed by atoms with E-state index in [1.807, 2.05) is 29.0 Å². The number of anilines is 4. The number of likely N-dealkylation sites (N-methyl/N-ethyl adjacent to an activating group) is 1. The zero-order chi connectivity index (χ0) is 32.9. The third-order valence-corrected chi connectivity index (χ3v) is 9.09. The number of benzene rings is 2. The van der Waals surface area contributed by atoms with Crippen LogP contribution in [0.25, 0.3) is 11.4 Å². The van der Waals surface area contributed by atoms with Crippen LogP contribution >= 0.6 is 0 Å². The van der Waals surface area contributed by atoms with Crippen LogP contribution in [-0.4, -0.2) is 131 Å². The molecule has 4 N–H and O–H groups in total. The Hall–Kier alpha value is -4.37. The quantitative estimate of drug-likeness (QED) is 0.284. The number of carbonyl (C=O) groups is 2. The van der Waals surface area contributed by atoms with Gasteiger partial charge in [-0.05, 0) is 75.3 Å². The highest BCUT2D eigenvalue weighted by Gasteiger charge is 2.36. The standard InChI is InChI=1S/C33H43N9O5/c1-22-21-47-18-17-41(22)31-36-29(37-32(38-31)42-27(19-43)11-12-28(42)20-44)23-3-7-25(8-4-23)34-33(46)35-26-9-5-24(6-10-26)30(45)40-15-13-39(2)14-16-40/h3-10,22,27-28,43-44H,11-21H2,1-2H3,(H2,34,35,46)/t22-,27-,28+/m1/s1. The van der Waals surface area contributed by atoms with E-state index in [1.54, 1.807) is 36.4 Å². The second kappa shape index (κ2) is 14.6. The zero-order valence-corrected chi connectivity index (χ0v) is 26.9. The first-order chi connectivity index (χ1) is 22.8. The second-order valence-electron chi connectivity index (χ2n) is 12.4. The fraction of sp³-hybridized carbons (Fsp3) is 0.485. The predicted molar refractivity (Wildman–Crippen MR) is 179 cm³/mol. The number of ether oxygens (including phenoxy) is 1. The lowest BCUT2D eigenvalue weighted by Crippen LogP contribution is -2.47. The molecule has 14 nitrogen and oxygen atoms in total. The highest BCUT2D eigenvalue weighted by atomic mass is 16.5. The Morgan fingerprint density at radius 2 is 1.43 bits per heavy atom. The van der Waals surface area contributed by atoms with Crippen molar-refractivity contribution >= 4 is 35.2 Å². The normalized spacial score (nSPS) is 22.0. The molecular weight excluding hydrogens is 602 g/mol. The van der Waals surface area contributed by atoms with Crippen LogP contribution in [0.4, 0.5) is 28.1 Å². The van der Waals surface area contributed by atoms with E-state index in [0.717, 1.165) is 31.5 Å². The smallest absolute Gasteiger partial charge is 0.323 e. The van der Waals surface area contributed by atoms with Crippen LogP contribution in [-0.2, 0) is 4.74 Å². The molecule has 3 aliphatic rings. The highest BCUT2D eigenvalue weighted by Crippen LogP contribution is 2.31. The minimum absolute atomic E-state index is 0.00655. The molecule has 0 aliphatic carbocycles. The molecular formula is C33H43N9O5. The summed E-state index contributed by atoms with van der Waals surface area (Å²) in [7, 11) is 2.05. The van der Waals surface area contributed by atoms with Crippen LogP contribution in [0.1, 0.15) is 30.1 Å². The van der Waals surface area contributed by atoms with E-state index in [4.69, 9.17) is 19.7 Å². The fourth-order valence-corrected chi connectivity index (χ4v) is 6.28. The topological polar surface area (TPSA) is 160 Å². The number of aliphatic hydroxyl groups excluding tert-OH is 2. The number of aromatic nitrogens is 3. The van der Waals surface area contributed by atoms with Crippen LogP contribution in [0.2, 0.25) is 0 Å². The molecule has 250 valence electrons. The first-order valence-electron chi connectivity index (χ1n) is 16.2. The van der Waals surface area contributed by atoms with Crippen molar-refractivity contribution in [2.75, 3.05) is 86.6 Å². The summed E-state index contributed by atoms with van der Waals surface area (Å²) in [5, 5.41) is 25.8. The predicted octanol–water partition coefficient (Wildman–Crippen LogP) is 2.12. The molecule has 3 atom stereocenters. The first kappa shape index (κ1) is 32.6. The monoisotopic (exact) mass is 645 g/mol. The first-order valence-corrected chi connectivity index (χ1v) is 16.2. The van der Waals surface area contributed by atoms with Gasteiger partial charge >= 0.3 is 6.03 Å². The van der Waals surface area contributed by atoms with Crippen molar-refractivity contribution in [3.8, 4) is 11.4 Å². The summed E-state index contributed by atoms with van der Waals surface area (Å²) in [6.45, 7) is 6.77. The molecule has 1 aromatic heterocycles. The number of rotatable bonds is 8. The minimum atomic E-state index is -0.416. The number of urea groups is 1. The number of amides is 3. The molecule has 0 saturated carbocycles. The van der Waals surface area contributed by atoms with Gasteiger partial charge < -0.3 is 45.2 Å². The third kappa shape index (κ3) is 7.46. The largest absolute Gasteiger partial charge is 0.394 e. The van der Waals surface area contributed by atoms with E-state index in [-0.39, 0.29) is 37.2 Å². The Bertz CT molecular complexity index is 1520. The molecule has 6 rings (SSSR count). The van der Waals surface area contributed by atoms with Crippen molar-refractivity contribution in [3.63, 3.8) is 0 Å². The van der Waals surface area contributed by atoms with E-state index < -0.39 is 6.03 Å². The van der Waals surface area contributed by atoms with Gasteiger partial charge in [0.05, 0.1) is 44.6 Å². The number of piperazine rings is 1. The lowest BCUT2D eigenvalue weighted by atomic mass is 10.1. The van der Waals surface area contributed by atoms with Crippen molar-refractivity contribution in [1.82, 2.24) is 24.8 Å². The van der Waals surface area contributed by atoms with Crippen molar-refractivity contribution < 1.29 is 24.5 Å². The lowest BCUT2D eigenvalue weighted by Gasteiger charge is -2.34. The van der Waals surface area contributed by atoms with Crippen molar-refractivity contribution in [1.29, 1.82) is 0 Å². The Balaban J connectivity index is 1.15. The van der Waals surface area contributed by atoms with Gasteiger partial charge in [0.1, 0.15) is 0 Å². The maximum absolute atomic E-state index is 12.8. The number of aliphatic hydroxyl groups is 2. The average molecular weight is 646 g/mol. The number of morpholine rings is 1. The van der Waals surface area contributed by atoms with E-state index in [0.29, 0.717) is 67.5 Å². The van der Waals surface area contributed by atoms with Gasteiger partial charge in [-0.25, -0.2) is 4.79 Å². The summed E-state index contributed by atoms with van der Waals surface area (Å²) in [4.78, 5) is 48.1. The molecule has 3 aromatic rings. The Morgan fingerprint density at radius 1 is 0.830 bits per heavy atom. The van der Waals surface area contributed by atoms with Crippen molar-refractivity contribution in [3.05, 3.63) is 54.1 Å². The molecule has 3 amide bonds. The van der Waals surface area contributed by atoms with E-state index in [9.17, 15) is 19.8 Å². The fourth-order valence-electron chi connectivity index (χ4n) is 6.28. The van der Waals surface area contributed by atoms with Crippen LogP contribution in [0.3, 0.4) is 0 Å². The molecule has 0 bridgehead atoms. The second-order valence-corrected chi connectivity index (χ2v) is 12.4. The van der Waals surface area contributed by atoms with E-state index >= 15 is 0 Å². The van der Waals surface area contributed by atoms with Crippen molar-refractivity contribution in [2.45, 2.75) is 37.9 Å². The minimum Gasteiger partial charge on any atom is -0.394 e. The SMILES string of the molecule is C[C@@H]1COCCN1c1nc(-c2ccc(NC(=O)Nc3ccc(C(=O)N4CCN(C)CC4)cc3)cc2)nc(N2[C@H](CO)CC[C@@H]2CO)n1. The molecule has 3 aliphatic heterocycles. The van der Waals surface area contributed by atoms with Gasteiger partial charge in [-0.3, -0.25) is 4.79 Å². The zero-order valence-electron chi connectivity index (χ0n) is 26.9. The van der Waals surface area contributed by atoms with Crippen LogP contribution in [0.15, 0.2) is 48.5 Å². The number of hydrogen-bond donors (Lipinski definition) is 4. The van der Waals surface area contributed by atoms with Gasteiger partial charge in [0.25, 0.3) is 5.91 Å². The number of nitrogens with zero attached hydrogens (tertiary/aromatic N) is 7. The third-order valence-electron chi connectivity index (χ3n) is 9.09. The Morgan fingerprint density at radius 3 is 2.02 bits per heavy atom. The average Bonchev–Trinajstić information content (AvgIpc) is 3.52. The summed E-state index contributed by atoms with van der Waals surface area (Å²) >= 11 is 0. The maximum Gasteiger partial charge on any atom is 0.323 e. The highest BCUT2D eigenvalue weighted by molar-refractivity contribution is 6.00. The van der Waals surface area contributed by atoms with Gasteiger partial charge in [-0.15, -0.1) is 0 Å². The van der Waals surface area contributed by atoms with E-state index in [2.05, 4.69) is 27.4 Å². The summed E-state index contributed by atoms with van der Waals surface area (Å²) in [6, 6.07) is 13.4. The molecule has 0 unspecified atom stereocenters. The maximum atomic E-state index is 12.8. The summed E-state index contributed by atoms with van der Waals surface area (Å²) in [6.07, 6.45) is 1.46. The number of nitrogens with one attached hydrogen (secondary N) is 2. The molecule has 14 heteroatoms.